The van der Waals surface area contributed by atoms with Crippen molar-refractivity contribution in [2.45, 2.75) is 27.7 Å². The molecule has 0 atom stereocenters. The fourth-order valence-corrected chi connectivity index (χ4v) is 2.87. The van der Waals surface area contributed by atoms with Gasteiger partial charge in [0.25, 0.3) is 0 Å². The smallest absolute Gasteiger partial charge is 0.364 e. The van der Waals surface area contributed by atoms with Gasteiger partial charge in [-0.05, 0) is 36.8 Å². The monoisotopic (exact) mass is 494 g/mol. The summed E-state index contributed by atoms with van der Waals surface area (Å²) in [5.74, 6) is -0.231. The molecule has 3 aromatic rings. The van der Waals surface area contributed by atoms with Crippen LogP contribution < -0.4 is 32.8 Å². The average Bonchev–Trinajstić information content (AvgIpc) is 2.65. The number of carbonyl (C=O) groups is 3. The van der Waals surface area contributed by atoms with E-state index in [1.807, 2.05) is 13.0 Å². The Bertz CT molecular complexity index is 1230. The van der Waals surface area contributed by atoms with Crippen LogP contribution in [0.1, 0.15) is 26.3 Å². The van der Waals surface area contributed by atoms with Crippen LogP contribution in [0.5, 0.6) is 17.2 Å². The Hall–Kier alpha value is -3.61. The van der Waals surface area contributed by atoms with E-state index in [-0.39, 0.29) is 11.5 Å². The molecule has 180 valence electrons. The Kier molecular flexibility index (Phi) is 8.62. The van der Waals surface area contributed by atoms with Crippen LogP contribution in [0.15, 0.2) is 46.9 Å². The Morgan fingerprint density at radius 2 is 1.26 bits per heavy atom. The van der Waals surface area contributed by atoms with Gasteiger partial charge in [0.2, 0.25) is 0 Å². The third-order valence-corrected chi connectivity index (χ3v) is 3.94. The SMILES string of the molecule is CC(=O)Oc1ccc(-c2cc(C)c3ccc(OC(C)=O)cc3[o+]2)c(OC(C)=O)c1.[O-][Cl+3]([O-])([O-])[O-]. The quantitative estimate of drug-likeness (QED) is 0.264. The minimum absolute atomic E-state index is 0.190. The maximum Gasteiger partial charge on any atom is 0.364 e. The lowest BCUT2D eigenvalue weighted by molar-refractivity contribution is -2.00. The van der Waals surface area contributed by atoms with Gasteiger partial charge in [-0.3, -0.25) is 14.4 Å². The highest BCUT2D eigenvalue weighted by atomic mass is 35.7. The summed E-state index contributed by atoms with van der Waals surface area (Å²) in [6.45, 7) is 5.78. The molecule has 0 saturated heterocycles. The van der Waals surface area contributed by atoms with Gasteiger partial charge >= 0.3 is 29.3 Å². The molecule has 1 aromatic heterocycles. The second kappa shape index (κ2) is 11.0. The predicted octanol–water partition coefficient (Wildman–Crippen LogP) is -0.291. The molecular formula is C22H19ClO11. The van der Waals surface area contributed by atoms with Crippen molar-refractivity contribution >= 4 is 28.9 Å². The molecule has 0 aliphatic rings. The number of ether oxygens (including phenoxy) is 3. The fraction of sp³-hybridized carbons (Fsp3) is 0.182. The normalized spacial score (nSPS) is 10.7. The Morgan fingerprint density at radius 1 is 0.765 bits per heavy atom. The van der Waals surface area contributed by atoms with Gasteiger partial charge in [-0.25, -0.2) is 23.1 Å². The molecule has 0 bridgehead atoms. The molecule has 34 heavy (non-hydrogen) atoms. The number of halogens is 1. The van der Waals surface area contributed by atoms with E-state index in [4.69, 9.17) is 37.3 Å². The van der Waals surface area contributed by atoms with Crippen molar-refractivity contribution < 1.29 is 61.9 Å². The van der Waals surface area contributed by atoms with Crippen molar-refractivity contribution in [2.24, 2.45) is 0 Å². The van der Waals surface area contributed by atoms with Gasteiger partial charge in [0, 0.05) is 32.9 Å². The summed E-state index contributed by atoms with van der Waals surface area (Å²) in [4.78, 5) is 34.0. The number of hydrogen-bond donors (Lipinski definition) is 0. The molecule has 0 amide bonds. The Balaban J connectivity index is 0.000000739. The third kappa shape index (κ3) is 8.39. The van der Waals surface area contributed by atoms with Gasteiger partial charge in [-0.2, -0.15) is 0 Å². The van der Waals surface area contributed by atoms with Gasteiger partial charge in [-0.15, -0.1) is 10.2 Å². The van der Waals surface area contributed by atoms with E-state index in [0.717, 1.165) is 10.9 Å². The molecule has 0 N–H and O–H groups in total. The predicted molar refractivity (Wildman–Crippen MR) is 105 cm³/mol. The second-order valence-electron chi connectivity index (χ2n) is 6.77. The summed E-state index contributed by atoms with van der Waals surface area (Å²) >= 11 is 0. The van der Waals surface area contributed by atoms with Crippen LogP contribution in [0.2, 0.25) is 0 Å². The molecule has 3 rings (SSSR count). The molecule has 2 aromatic carbocycles. The molecule has 0 aliphatic heterocycles. The molecule has 0 unspecified atom stereocenters. The number of aryl methyl sites for hydroxylation is 1. The van der Waals surface area contributed by atoms with Gasteiger partial charge in [0.1, 0.15) is 17.1 Å². The van der Waals surface area contributed by atoms with Crippen LogP contribution >= 0.6 is 0 Å². The number of hydrogen-bond acceptors (Lipinski definition) is 10. The molecule has 0 fully saturated rings. The third-order valence-electron chi connectivity index (χ3n) is 3.94. The van der Waals surface area contributed by atoms with Gasteiger partial charge in [0.15, 0.2) is 5.75 Å². The van der Waals surface area contributed by atoms with E-state index in [0.29, 0.717) is 22.7 Å². The molecule has 0 spiro atoms. The zero-order valence-electron chi connectivity index (χ0n) is 18.4. The lowest BCUT2D eigenvalue weighted by atomic mass is 10.1. The number of carbonyl (C=O) groups excluding carboxylic acids is 3. The topological polar surface area (TPSA) is 182 Å². The largest absolute Gasteiger partial charge is 0.427 e. The maximum atomic E-state index is 11.5. The van der Waals surface area contributed by atoms with Crippen molar-refractivity contribution in [1.82, 2.24) is 0 Å². The van der Waals surface area contributed by atoms with E-state index < -0.39 is 28.2 Å². The zero-order valence-corrected chi connectivity index (χ0v) is 19.2. The number of fused-ring (bicyclic) bond motifs is 1. The number of benzene rings is 2. The van der Waals surface area contributed by atoms with E-state index in [2.05, 4.69) is 0 Å². The van der Waals surface area contributed by atoms with Crippen molar-refractivity contribution in [1.29, 1.82) is 0 Å². The minimum Gasteiger partial charge on any atom is -0.427 e. The van der Waals surface area contributed by atoms with Crippen LogP contribution in [0.25, 0.3) is 22.3 Å². The number of esters is 3. The Labute approximate surface area is 195 Å². The molecule has 0 saturated carbocycles. The lowest BCUT2D eigenvalue weighted by Crippen LogP contribution is -2.68. The van der Waals surface area contributed by atoms with Crippen LogP contribution in [0, 0.1) is 17.2 Å². The van der Waals surface area contributed by atoms with E-state index in [1.165, 1.54) is 26.8 Å². The van der Waals surface area contributed by atoms with Crippen LogP contribution in [-0.2, 0) is 14.4 Å². The molecule has 0 radical (unpaired) electrons. The Morgan fingerprint density at radius 3 is 1.79 bits per heavy atom. The fourth-order valence-electron chi connectivity index (χ4n) is 2.87. The van der Waals surface area contributed by atoms with Crippen molar-refractivity contribution in [2.75, 3.05) is 0 Å². The first-order valence-electron chi connectivity index (χ1n) is 9.42. The highest BCUT2D eigenvalue weighted by Gasteiger charge is 2.23. The summed E-state index contributed by atoms with van der Waals surface area (Å²) in [6.07, 6.45) is 0. The first kappa shape index (κ1) is 26.6. The molecule has 0 aliphatic carbocycles. The first-order valence-corrected chi connectivity index (χ1v) is 10.7. The summed E-state index contributed by atoms with van der Waals surface area (Å²) < 4.78 is 55.5. The lowest BCUT2D eigenvalue weighted by Gasteiger charge is -2.17. The average molecular weight is 495 g/mol. The van der Waals surface area contributed by atoms with Crippen LogP contribution in [0.3, 0.4) is 0 Å². The van der Waals surface area contributed by atoms with Crippen molar-refractivity contribution in [3.05, 3.63) is 48.0 Å². The van der Waals surface area contributed by atoms with E-state index >= 15 is 0 Å². The maximum absolute atomic E-state index is 11.5. The number of rotatable bonds is 4. The summed E-state index contributed by atoms with van der Waals surface area (Å²) in [7, 11) is -4.94. The second-order valence-corrected chi connectivity index (χ2v) is 7.52. The summed E-state index contributed by atoms with van der Waals surface area (Å²) in [5, 5.41) is 0.843. The standard InChI is InChI=1S/C22H19O7.ClHO4/c1-12-9-20(29-21-10-16(26-13(2)23)5-7-18(12)21)19-8-6-17(27-14(3)24)11-22(19)28-15(4)25;2-1(3,4)5/h5-11H,1-4H3;(H,2,3,4,5)/q+1;/p-1. The zero-order chi connectivity index (χ0) is 25.6. The highest BCUT2D eigenvalue weighted by molar-refractivity contribution is 5.85. The highest BCUT2D eigenvalue weighted by Crippen LogP contribution is 2.37. The molecule has 11 nitrogen and oxygen atoms in total. The first-order chi connectivity index (χ1) is 15.7. The molecule has 12 heteroatoms. The van der Waals surface area contributed by atoms with Crippen molar-refractivity contribution in [3.63, 3.8) is 0 Å². The van der Waals surface area contributed by atoms with Gasteiger partial charge in [-0.1, -0.05) is 0 Å². The van der Waals surface area contributed by atoms with Crippen LogP contribution in [-0.4, -0.2) is 17.9 Å². The summed E-state index contributed by atoms with van der Waals surface area (Å²) in [6, 6.07) is 11.6. The van der Waals surface area contributed by atoms with Gasteiger partial charge in [0.05, 0.1) is 11.5 Å². The van der Waals surface area contributed by atoms with E-state index in [1.54, 1.807) is 30.3 Å². The minimum atomic E-state index is -4.94. The molecular weight excluding hydrogens is 476 g/mol. The molecule has 1 heterocycles. The van der Waals surface area contributed by atoms with E-state index in [9.17, 15) is 14.4 Å². The van der Waals surface area contributed by atoms with Gasteiger partial charge < -0.3 is 14.2 Å². The van der Waals surface area contributed by atoms with Crippen molar-refractivity contribution in [3.8, 4) is 28.6 Å². The summed E-state index contributed by atoms with van der Waals surface area (Å²) in [5.41, 5.74) is 1.91. The van der Waals surface area contributed by atoms with Crippen LogP contribution in [0.4, 0.5) is 0 Å².